The summed E-state index contributed by atoms with van der Waals surface area (Å²) in [6.07, 6.45) is 0. The normalized spacial score (nSPS) is 10.2. The molecule has 0 saturated heterocycles. The topological polar surface area (TPSA) is 58.6 Å². The van der Waals surface area contributed by atoms with Crippen molar-refractivity contribution in [3.8, 4) is 5.75 Å². The third kappa shape index (κ3) is 4.59. The van der Waals surface area contributed by atoms with Crippen LogP contribution < -0.4 is 15.0 Å². The fraction of sp³-hybridized carbons (Fsp3) is 0.300. The summed E-state index contributed by atoms with van der Waals surface area (Å²) in [5, 5.41) is 2.85. The number of methoxy groups -OCH3 is 1. The van der Waals surface area contributed by atoms with Gasteiger partial charge in [0.05, 0.1) is 7.11 Å². The molecule has 0 radical (unpaired) electrons. The molecule has 2 aromatic rings. The van der Waals surface area contributed by atoms with Crippen LogP contribution in [0.1, 0.15) is 28.4 Å². The highest BCUT2D eigenvalue weighted by Gasteiger charge is 2.15. The fourth-order valence-corrected chi connectivity index (χ4v) is 2.60. The van der Waals surface area contributed by atoms with Crippen molar-refractivity contribution < 1.29 is 14.3 Å². The van der Waals surface area contributed by atoms with Crippen LogP contribution in [0.5, 0.6) is 5.75 Å². The predicted molar refractivity (Wildman–Crippen MR) is 99.3 cm³/mol. The van der Waals surface area contributed by atoms with E-state index < -0.39 is 0 Å². The predicted octanol–water partition coefficient (Wildman–Crippen LogP) is 3.09. The molecule has 2 aromatic carbocycles. The Morgan fingerprint density at radius 3 is 2.36 bits per heavy atom. The molecule has 0 bridgehead atoms. The highest BCUT2D eigenvalue weighted by molar-refractivity contribution is 5.95. The van der Waals surface area contributed by atoms with E-state index in [1.165, 1.54) is 6.92 Å². The Kier molecular flexibility index (Phi) is 6.17. The average molecular weight is 340 g/mol. The molecular formula is C20H24N2O3. The van der Waals surface area contributed by atoms with Gasteiger partial charge in [-0.2, -0.15) is 0 Å². The maximum absolute atomic E-state index is 12.2. The van der Waals surface area contributed by atoms with Crippen molar-refractivity contribution in [3.05, 3.63) is 59.2 Å². The first-order valence-electron chi connectivity index (χ1n) is 8.20. The van der Waals surface area contributed by atoms with Gasteiger partial charge >= 0.3 is 0 Å². The second kappa shape index (κ2) is 8.33. The van der Waals surface area contributed by atoms with Crippen LogP contribution >= 0.6 is 0 Å². The Hall–Kier alpha value is -2.82. The minimum Gasteiger partial charge on any atom is -0.497 e. The van der Waals surface area contributed by atoms with Gasteiger partial charge in [0, 0.05) is 31.3 Å². The van der Waals surface area contributed by atoms with E-state index in [2.05, 4.69) is 5.32 Å². The van der Waals surface area contributed by atoms with Crippen LogP contribution in [0, 0.1) is 13.8 Å². The highest BCUT2D eigenvalue weighted by atomic mass is 16.5. The molecule has 0 saturated carbocycles. The molecule has 0 atom stereocenters. The molecule has 0 aliphatic heterocycles. The lowest BCUT2D eigenvalue weighted by Gasteiger charge is -2.24. The summed E-state index contributed by atoms with van der Waals surface area (Å²) in [5.41, 5.74) is 3.64. The minimum atomic E-state index is -0.174. The summed E-state index contributed by atoms with van der Waals surface area (Å²) < 4.78 is 5.08. The Balaban J connectivity index is 2.00. The first-order chi connectivity index (χ1) is 11.9. The third-order valence-corrected chi connectivity index (χ3v) is 4.22. The maximum atomic E-state index is 12.2. The zero-order chi connectivity index (χ0) is 18.4. The summed E-state index contributed by atoms with van der Waals surface area (Å²) >= 11 is 0. The first-order valence-corrected chi connectivity index (χ1v) is 8.20. The standard InChI is InChI=1S/C20H24N2O3/c1-14-6-5-7-19(15(14)2)22(16(3)23)13-12-21-20(24)17-8-10-18(25-4)11-9-17/h5-11H,12-13H2,1-4H3,(H,21,24). The van der Waals surface area contributed by atoms with Crippen molar-refractivity contribution in [3.63, 3.8) is 0 Å². The van der Waals surface area contributed by atoms with Crippen LogP contribution in [-0.2, 0) is 4.79 Å². The number of anilines is 1. The van der Waals surface area contributed by atoms with E-state index in [-0.39, 0.29) is 11.8 Å². The van der Waals surface area contributed by atoms with Crippen LogP contribution in [-0.4, -0.2) is 32.0 Å². The number of benzene rings is 2. The number of aryl methyl sites for hydroxylation is 1. The zero-order valence-electron chi connectivity index (χ0n) is 15.1. The highest BCUT2D eigenvalue weighted by Crippen LogP contribution is 2.22. The number of nitrogens with zero attached hydrogens (tertiary/aromatic N) is 1. The Morgan fingerprint density at radius 2 is 1.76 bits per heavy atom. The van der Waals surface area contributed by atoms with Gasteiger partial charge in [0.25, 0.3) is 5.91 Å². The van der Waals surface area contributed by atoms with Gasteiger partial charge in [-0.1, -0.05) is 12.1 Å². The quantitative estimate of drug-likeness (QED) is 0.879. The van der Waals surface area contributed by atoms with Gasteiger partial charge in [0.15, 0.2) is 0 Å². The van der Waals surface area contributed by atoms with Gasteiger partial charge in [-0.15, -0.1) is 0 Å². The summed E-state index contributed by atoms with van der Waals surface area (Å²) in [7, 11) is 1.58. The first kappa shape index (κ1) is 18.5. The van der Waals surface area contributed by atoms with Gasteiger partial charge in [-0.3, -0.25) is 9.59 Å². The molecule has 0 aliphatic rings. The van der Waals surface area contributed by atoms with Crippen molar-refractivity contribution in [1.82, 2.24) is 5.32 Å². The molecular weight excluding hydrogens is 316 g/mol. The molecule has 0 spiro atoms. The molecule has 2 rings (SSSR count). The molecule has 0 fully saturated rings. The lowest BCUT2D eigenvalue weighted by atomic mass is 10.1. The SMILES string of the molecule is COc1ccc(C(=O)NCCN(C(C)=O)c2cccc(C)c2C)cc1. The molecule has 5 heteroatoms. The van der Waals surface area contributed by atoms with Crippen LogP contribution in [0.25, 0.3) is 0 Å². The monoisotopic (exact) mass is 340 g/mol. The molecule has 2 amide bonds. The van der Waals surface area contributed by atoms with Gasteiger partial charge in [0.1, 0.15) is 5.75 Å². The Bertz CT molecular complexity index is 754. The third-order valence-electron chi connectivity index (χ3n) is 4.22. The molecule has 0 heterocycles. The number of carbonyl (C=O) groups is 2. The van der Waals surface area contributed by atoms with Crippen LogP contribution in [0.4, 0.5) is 5.69 Å². The molecule has 5 nitrogen and oxygen atoms in total. The lowest BCUT2D eigenvalue weighted by Crippen LogP contribution is -2.38. The van der Waals surface area contributed by atoms with E-state index in [0.717, 1.165) is 16.8 Å². The molecule has 132 valence electrons. The number of rotatable bonds is 6. The van der Waals surface area contributed by atoms with Gasteiger partial charge in [-0.05, 0) is 55.3 Å². The van der Waals surface area contributed by atoms with E-state index in [9.17, 15) is 9.59 Å². The van der Waals surface area contributed by atoms with Crippen molar-refractivity contribution in [1.29, 1.82) is 0 Å². The van der Waals surface area contributed by atoms with E-state index >= 15 is 0 Å². The molecule has 0 unspecified atom stereocenters. The minimum absolute atomic E-state index is 0.0487. The van der Waals surface area contributed by atoms with Crippen LogP contribution in [0.15, 0.2) is 42.5 Å². The summed E-state index contributed by atoms with van der Waals surface area (Å²) in [5.74, 6) is 0.480. The zero-order valence-corrected chi connectivity index (χ0v) is 15.1. The summed E-state index contributed by atoms with van der Waals surface area (Å²) in [4.78, 5) is 25.9. The van der Waals surface area contributed by atoms with Crippen LogP contribution in [0.3, 0.4) is 0 Å². The summed E-state index contributed by atoms with van der Waals surface area (Å²) in [6, 6.07) is 12.8. The Labute approximate surface area is 148 Å². The largest absolute Gasteiger partial charge is 0.497 e. The molecule has 0 aliphatic carbocycles. The van der Waals surface area contributed by atoms with Crippen molar-refractivity contribution in [2.75, 3.05) is 25.1 Å². The van der Waals surface area contributed by atoms with E-state index in [0.29, 0.717) is 24.4 Å². The smallest absolute Gasteiger partial charge is 0.251 e. The van der Waals surface area contributed by atoms with Crippen molar-refractivity contribution in [2.45, 2.75) is 20.8 Å². The number of carbonyl (C=O) groups excluding carboxylic acids is 2. The van der Waals surface area contributed by atoms with E-state index in [1.54, 1.807) is 36.3 Å². The van der Waals surface area contributed by atoms with Crippen LogP contribution in [0.2, 0.25) is 0 Å². The maximum Gasteiger partial charge on any atom is 0.251 e. The molecule has 1 N–H and O–H groups in total. The number of nitrogens with one attached hydrogen (secondary N) is 1. The van der Waals surface area contributed by atoms with Gasteiger partial charge < -0.3 is 15.0 Å². The van der Waals surface area contributed by atoms with Gasteiger partial charge in [0.2, 0.25) is 5.91 Å². The Morgan fingerprint density at radius 1 is 1.08 bits per heavy atom. The van der Waals surface area contributed by atoms with E-state index in [4.69, 9.17) is 4.74 Å². The average Bonchev–Trinajstić information content (AvgIpc) is 2.61. The second-order valence-corrected chi connectivity index (χ2v) is 5.87. The lowest BCUT2D eigenvalue weighted by molar-refractivity contribution is -0.116. The number of ether oxygens (including phenoxy) is 1. The summed E-state index contributed by atoms with van der Waals surface area (Å²) in [6.45, 7) is 6.34. The second-order valence-electron chi connectivity index (χ2n) is 5.87. The molecule has 25 heavy (non-hydrogen) atoms. The number of hydrogen-bond acceptors (Lipinski definition) is 3. The number of hydrogen-bond donors (Lipinski definition) is 1. The van der Waals surface area contributed by atoms with E-state index in [1.807, 2.05) is 32.0 Å². The molecule has 0 aromatic heterocycles. The fourth-order valence-electron chi connectivity index (χ4n) is 2.60. The number of amides is 2. The van der Waals surface area contributed by atoms with Crippen molar-refractivity contribution in [2.24, 2.45) is 0 Å². The van der Waals surface area contributed by atoms with Crippen molar-refractivity contribution >= 4 is 17.5 Å². The van der Waals surface area contributed by atoms with Gasteiger partial charge in [-0.25, -0.2) is 0 Å².